The summed E-state index contributed by atoms with van der Waals surface area (Å²) in [7, 11) is 0. The molecule has 266 valence electrons. The summed E-state index contributed by atoms with van der Waals surface area (Å²) < 4.78 is 7.38. The number of hydrogen-bond acceptors (Lipinski definition) is 0. The van der Waals surface area contributed by atoms with Crippen LogP contribution in [0.2, 0.25) is 0 Å². The molecule has 3 heteroatoms. The van der Waals surface area contributed by atoms with Crippen LogP contribution in [0.15, 0.2) is 212 Å². The fourth-order valence-electron chi connectivity index (χ4n) is 9.57. The Bertz CT molecular complexity index is 3500. The van der Waals surface area contributed by atoms with Crippen molar-refractivity contribution >= 4 is 65.4 Å². The smallest absolute Gasteiger partial charge is 0.0619 e. The molecule has 57 heavy (non-hydrogen) atoms. The third-order valence-electron chi connectivity index (χ3n) is 11.8. The van der Waals surface area contributed by atoms with Crippen LogP contribution in [0.5, 0.6) is 0 Å². The van der Waals surface area contributed by atoms with Crippen molar-refractivity contribution < 1.29 is 0 Å². The number of nitrogens with zero attached hydrogens (tertiary/aromatic N) is 3. The molecule has 12 rings (SSSR count). The van der Waals surface area contributed by atoms with Crippen LogP contribution >= 0.6 is 0 Å². The largest absolute Gasteiger partial charge is 0.309 e. The molecule has 0 saturated carbocycles. The first-order valence-corrected chi connectivity index (χ1v) is 19.6. The Labute approximate surface area is 329 Å². The quantitative estimate of drug-likeness (QED) is 0.168. The molecule has 9 aromatic carbocycles. The van der Waals surface area contributed by atoms with Gasteiger partial charge in [0, 0.05) is 54.8 Å². The average Bonchev–Trinajstić information content (AvgIpc) is 3.93. The van der Waals surface area contributed by atoms with Crippen molar-refractivity contribution in [3.63, 3.8) is 0 Å². The number of aromatic nitrogens is 3. The maximum Gasteiger partial charge on any atom is 0.0619 e. The third kappa shape index (κ3) is 4.60. The number of benzene rings is 9. The predicted octanol–water partition coefficient (Wildman–Crippen LogP) is 14.3. The Hall–Kier alpha value is -7.62. The molecule has 0 bridgehead atoms. The zero-order valence-corrected chi connectivity index (χ0v) is 31.0. The minimum Gasteiger partial charge on any atom is -0.309 e. The first-order valence-electron chi connectivity index (χ1n) is 19.6. The maximum absolute atomic E-state index is 2.55. The van der Waals surface area contributed by atoms with Gasteiger partial charge in [0.15, 0.2) is 0 Å². The van der Waals surface area contributed by atoms with E-state index >= 15 is 0 Å². The summed E-state index contributed by atoms with van der Waals surface area (Å²) in [5.74, 6) is 0. The highest BCUT2D eigenvalue weighted by atomic mass is 15.0. The van der Waals surface area contributed by atoms with E-state index in [1.54, 1.807) is 0 Å². The molecule has 0 fully saturated rings. The van der Waals surface area contributed by atoms with Crippen molar-refractivity contribution in [1.29, 1.82) is 0 Å². The standard InChI is InChI=1S/C54H35N3/c1-4-18-36(19-5-1)39-27-16-29-44-53-50(35-34-49-52(53)43-26-12-15-32-47(43)56(49)38-22-8-3-9-23-38)57(54(39)44)45-30-13-10-24-40(45)41-28-17-33-48-51(41)42-25-11-14-31-46(42)55(48)37-20-6-2-7-21-37/h1-35H. The molecule has 0 saturated heterocycles. The van der Waals surface area contributed by atoms with E-state index in [9.17, 15) is 0 Å². The first kappa shape index (κ1) is 31.7. The van der Waals surface area contributed by atoms with Gasteiger partial charge >= 0.3 is 0 Å². The summed E-state index contributed by atoms with van der Waals surface area (Å²) in [5.41, 5.74) is 15.4. The van der Waals surface area contributed by atoms with E-state index in [-0.39, 0.29) is 0 Å². The number of fused-ring (bicyclic) bond motifs is 10. The summed E-state index contributed by atoms with van der Waals surface area (Å²) >= 11 is 0. The molecule has 3 nitrogen and oxygen atoms in total. The minimum absolute atomic E-state index is 1.15. The van der Waals surface area contributed by atoms with Crippen LogP contribution in [0.4, 0.5) is 0 Å². The van der Waals surface area contributed by atoms with Crippen molar-refractivity contribution in [3.8, 4) is 39.3 Å². The van der Waals surface area contributed by atoms with Gasteiger partial charge in [-0.1, -0.05) is 152 Å². The van der Waals surface area contributed by atoms with Crippen molar-refractivity contribution in [1.82, 2.24) is 13.7 Å². The lowest BCUT2D eigenvalue weighted by Gasteiger charge is -2.17. The van der Waals surface area contributed by atoms with Gasteiger partial charge in [-0.15, -0.1) is 0 Å². The molecular weight excluding hydrogens is 691 g/mol. The van der Waals surface area contributed by atoms with Gasteiger partial charge < -0.3 is 13.7 Å². The van der Waals surface area contributed by atoms with Gasteiger partial charge in [-0.05, 0) is 71.8 Å². The lowest BCUT2D eigenvalue weighted by atomic mass is 9.97. The highest BCUT2D eigenvalue weighted by molar-refractivity contribution is 6.30. The molecule has 0 spiro atoms. The normalized spacial score (nSPS) is 11.9. The highest BCUT2D eigenvalue weighted by Crippen LogP contribution is 2.47. The van der Waals surface area contributed by atoms with E-state index in [4.69, 9.17) is 0 Å². The molecular formula is C54H35N3. The molecule has 0 radical (unpaired) electrons. The van der Waals surface area contributed by atoms with Crippen LogP contribution < -0.4 is 0 Å². The number of hydrogen-bond donors (Lipinski definition) is 0. The van der Waals surface area contributed by atoms with Gasteiger partial charge in [0.2, 0.25) is 0 Å². The van der Waals surface area contributed by atoms with E-state index in [1.165, 1.54) is 87.7 Å². The predicted molar refractivity (Wildman–Crippen MR) is 240 cm³/mol. The van der Waals surface area contributed by atoms with Crippen LogP contribution in [0.1, 0.15) is 0 Å². The third-order valence-corrected chi connectivity index (χ3v) is 11.8. The summed E-state index contributed by atoms with van der Waals surface area (Å²) in [4.78, 5) is 0. The second-order valence-electron chi connectivity index (χ2n) is 14.9. The van der Waals surface area contributed by atoms with Crippen molar-refractivity contribution in [2.75, 3.05) is 0 Å². The van der Waals surface area contributed by atoms with Gasteiger partial charge in [0.1, 0.15) is 0 Å². The minimum atomic E-state index is 1.15. The van der Waals surface area contributed by atoms with Crippen molar-refractivity contribution in [2.45, 2.75) is 0 Å². The van der Waals surface area contributed by atoms with Gasteiger partial charge in [-0.25, -0.2) is 0 Å². The summed E-state index contributed by atoms with van der Waals surface area (Å²) in [5, 5.41) is 7.51. The second kappa shape index (κ2) is 12.5. The van der Waals surface area contributed by atoms with E-state index in [1.807, 2.05) is 0 Å². The monoisotopic (exact) mass is 725 g/mol. The van der Waals surface area contributed by atoms with Gasteiger partial charge in [0.25, 0.3) is 0 Å². The van der Waals surface area contributed by atoms with E-state index < -0.39 is 0 Å². The average molecular weight is 726 g/mol. The Morgan fingerprint density at radius 3 is 1.37 bits per heavy atom. The summed E-state index contributed by atoms with van der Waals surface area (Å²) in [6.45, 7) is 0. The van der Waals surface area contributed by atoms with Crippen LogP contribution in [-0.4, -0.2) is 13.7 Å². The molecule has 0 amide bonds. The van der Waals surface area contributed by atoms with Gasteiger partial charge in [-0.3, -0.25) is 0 Å². The van der Waals surface area contributed by atoms with Crippen LogP contribution in [0.3, 0.4) is 0 Å². The van der Waals surface area contributed by atoms with Gasteiger partial charge in [0.05, 0.1) is 38.8 Å². The molecule has 0 N–H and O–H groups in total. The molecule has 0 aliphatic carbocycles. The Balaban J connectivity index is 1.24. The topological polar surface area (TPSA) is 14.8 Å². The van der Waals surface area contributed by atoms with Crippen molar-refractivity contribution in [3.05, 3.63) is 212 Å². The zero-order valence-electron chi connectivity index (χ0n) is 31.0. The Morgan fingerprint density at radius 1 is 0.246 bits per heavy atom. The molecule has 0 aliphatic heterocycles. The lowest BCUT2D eigenvalue weighted by Crippen LogP contribution is -1.99. The fourth-order valence-corrected chi connectivity index (χ4v) is 9.57. The molecule has 0 atom stereocenters. The Kier molecular flexibility index (Phi) is 6.93. The molecule has 12 aromatic rings. The van der Waals surface area contributed by atoms with Crippen molar-refractivity contribution in [2.24, 2.45) is 0 Å². The maximum atomic E-state index is 2.55. The van der Waals surface area contributed by atoms with Crippen LogP contribution in [0.25, 0.3) is 105 Å². The molecule has 0 unspecified atom stereocenters. The number of para-hydroxylation sites is 6. The number of rotatable bonds is 5. The SMILES string of the molecule is c1ccc(-c2cccc3c4c5c6ccccc6n(-c6ccccc6)c5ccc4n(-c4ccccc4-c4cccc5c4c4ccccc4n5-c4ccccc4)c23)cc1. The highest BCUT2D eigenvalue weighted by Gasteiger charge is 2.24. The fraction of sp³-hybridized carbons (Fsp3) is 0. The lowest BCUT2D eigenvalue weighted by molar-refractivity contribution is 1.17. The van der Waals surface area contributed by atoms with E-state index in [2.05, 4.69) is 226 Å². The molecule has 3 heterocycles. The molecule has 0 aliphatic rings. The van der Waals surface area contributed by atoms with Gasteiger partial charge in [-0.2, -0.15) is 0 Å². The van der Waals surface area contributed by atoms with E-state index in [0.29, 0.717) is 0 Å². The van der Waals surface area contributed by atoms with Crippen LogP contribution in [-0.2, 0) is 0 Å². The Morgan fingerprint density at radius 2 is 0.684 bits per heavy atom. The van der Waals surface area contributed by atoms with E-state index in [0.717, 1.165) is 17.1 Å². The summed E-state index contributed by atoms with van der Waals surface area (Å²) in [6, 6.07) is 77.3. The first-order chi connectivity index (χ1) is 28.3. The molecule has 3 aromatic heterocycles. The second-order valence-corrected chi connectivity index (χ2v) is 14.9. The zero-order chi connectivity index (χ0) is 37.5. The summed E-state index contributed by atoms with van der Waals surface area (Å²) in [6.07, 6.45) is 0. The van der Waals surface area contributed by atoms with Crippen LogP contribution in [0, 0.1) is 0 Å².